The van der Waals surface area contributed by atoms with E-state index in [9.17, 15) is 8.42 Å². The van der Waals surface area contributed by atoms with Crippen molar-refractivity contribution in [3.05, 3.63) is 66.8 Å². The van der Waals surface area contributed by atoms with E-state index in [0.29, 0.717) is 25.4 Å². The van der Waals surface area contributed by atoms with Gasteiger partial charge in [-0.15, -0.1) is 0 Å². The zero-order valence-corrected chi connectivity index (χ0v) is 16.8. The molecule has 8 heteroatoms. The van der Waals surface area contributed by atoms with Gasteiger partial charge < -0.3 is 9.73 Å². The second kappa shape index (κ2) is 8.28. The molecule has 0 spiro atoms. The van der Waals surface area contributed by atoms with Crippen molar-refractivity contribution in [3.63, 3.8) is 0 Å². The van der Waals surface area contributed by atoms with Crippen LogP contribution in [0.3, 0.4) is 0 Å². The first-order chi connectivity index (χ1) is 14.0. The lowest BCUT2D eigenvalue weighted by Gasteiger charge is -2.15. The van der Waals surface area contributed by atoms with E-state index in [1.54, 1.807) is 36.7 Å². The number of sulfonamides is 1. The number of pyridine rings is 1. The van der Waals surface area contributed by atoms with Crippen molar-refractivity contribution in [2.24, 2.45) is 0 Å². The van der Waals surface area contributed by atoms with E-state index in [2.05, 4.69) is 20.0 Å². The van der Waals surface area contributed by atoms with Crippen LogP contribution in [0, 0.1) is 0 Å². The molecule has 7 nitrogen and oxygen atoms in total. The van der Waals surface area contributed by atoms with Gasteiger partial charge in [-0.05, 0) is 42.6 Å². The molecular formula is C21H22N4O3S. The first-order valence-electron chi connectivity index (χ1n) is 9.42. The molecule has 0 amide bonds. The van der Waals surface area contributed by atoms with E-state index in [-0.39, 0.29) is 10.9 Å². The number of aromatic nitrogens is 2. The Kier molecular flexibility index (Phi) is 5.57. The summed E-state index contributed by atoms with van der Waals surface area (Å²) in [6.45, 7) is 2.97. The minimum atomic E-state index is -3.60. The number of nitrogens with one attached hydrogen (secondary N) is 2. The molecule has 4 rings (SSSR count). The normalized spacial score (nSPS) is 13.1. The molecule has 2 aromatic heterocycles. The lowest BCUT2D eigenvalue weighted by atomic mass is 10.2. The summed E-state index contributed by atoms with van der Waals surface area (Å²) in [7, 11) is -3.60. The molecule has 29 heavy (non-hydrogen) atoms. The van der Waals surface area contributed by atoms with Gasteiger partial charge in [-0.3, -0.25) is 4.98 Å². The monoisotopic (exact) mass is 410 g/mol. The Morgan fingerprint density at radius 1 is 1.10 bits per heavy atom. The summed E-state index contributed by atoms with van der Waals surface area (Å²) >= 11 is 0. The van der Waals surface area contributed by atoms with Crippen LogP contribution in [0.15, 0.2) is 70.2 Å². The minimum Gasteiger partial charge on any atom is -0.441 e. The number of oxazole rings is 1. The summed E-state index contributed by atoms with van der Waals surface area (Å²) in [6.07, 6.45) is 3.99. The Balaban J connectivity index is 1.30. The molecule has 0 saturated carbocycles. The van der Waals surface area contributed by atoms with Crippen LogP contribution in [-0.2, 0) is 16.4 Å². The molecule has 0 aliphatic carbocycles. The van der Waals surface area contributed by atoms with Crippen molar-refractivity contribution in [1.29, 1.82) is 0 Å². The first-order valence-corrected chi connectivity index (χ1v) is 10.9. The van der Waals surface area contributed by atoms with Gasteiger partial charge in [-0.2, -0.15) is 0 Å². The third-order valence-corrected chi connectivity index (χ3v) is 6.17. The third kappa shape index (κ3) is 4.61. The number of rotatable bonds is 8. The molecule has 2 aromatic carbocycles. The highest BCUT2D eigenvalue weighted by Crippen LogP contribution is 2.18. The average Bonchev–Trinajstić information content (AvgIpc) is 3.13. The number of nitrogens with zero attached hydrogens (tertiary/aromatic N) is 2. The number of fused-ring (bicyclic) bond motifs is 2. The lowest BCUT2D eigenvalue weighted by Crippen LogP contribution is -2.40. The Morgan fingerprint density at radius 2 is 1.97 bits per heavy atom. The van der Waals surface area contributed by atoms with E-state index in [1.807, 2.05) is 31.2 Å². The third-order valence-electron chi connectivity index (χ3n) is 4.58. The highest BCUT2D eigenvalue weighted by molar-refractivity contribution is 7.89. The number of hydrogen-bond acceptors (Lipinski definition) is 6. The Labute approximate surface area is 169 Å². The van der Waals surface area contributed by atoms with Gasteiger partial charge in [0.15, 0.2) is 11.5 Å². The summed E-state index contributed by atoms with van der Waals surface area (Å²) in [5.41, 5.74) is 1.62. The zero-order valence-electron chi connectivity index (χ0n) is 16.0. The second-order valence-corrected chi connectivity index (χ2v) is 8.65. The van der Waals surface area contributed by atoms with E-state index < -0.39 is 10.0 Å². The molecule has 2 N–H and O–H groups in total. The van der Waals surface area contributed by atoms with E-state index in [1.165, 1.54) is 0 Å². The fourth-order valence-electron chi connectivity index (χ4n) is 3.14. The molecule has 2 heterocycles. The Bertz CT molecular complexity index is 1200. The van der Waals surface area contributed by atoms with Crippen molar-refractivity contribution in [2.75, 3.05) is 13.1 Å². The van der Waals surface area contributed by atoms with Gasteiger partial charge in [0.2, 0.25) is 10.0 Å². The first kappa shape index (κ1) is 19.5. The molecule has 1 atom stereocenters. The van der Waals surface area contributed by atoms with Crippen molar-refractivity contribution in [2.45, 2.75) is 24.3 Å². The standard InChI is InChI=1S/C21H22N4O3S/c1-15(13-22-11-9-21-24-19-4-2-3-5-20(19)28-21)25-29(26,27)18-7-6-17-14-23-10-8-16(17)12-18/h2-8,10,12,14-15,22,25H,9,11,13H2,1H3. The fraction of sp³-hybridized carbons (Fsp3) is 0.238. The molecular weight excluding hydrogens is 388 g/mol. The van der Waals surface area contributed by atoms with Crippen molar-refractivity contribution in [1.82, 2.24) is 20.0 Å². The van der Waals surface area contributed by atoms with Gasteiger partial charge in [-0.1, -0.05) is 18.2 Å². The highest BCUT2D eigenvalue weighted by atomic mass is 32.2. The van der Waals surface area contributed by atoms with E-state index in [4.69, 9.17) is 4.42 Å². The Hall–Kier alpha value is -2.81. The summed E-state index contributed by atoms with van der Waals surface area (Å²) in [5, 5.41) is 4.99. The molecule has 0 fully saturated rings. The van der Waals surface area contributed by atoms with Crippen LogP contribution in [-0.4, -0.2) is 37.5 Å². The summed E-state index contributed by atoms with van der Waals surface area (Å²) in [6, 6.07) is 14.2. The van der Waals surface area contributed by atoms with E-state index >= 15 is 0 Å². The summed E-state index contributed by atoms with van der Waals surface area (Å²) in [5.74, 6) is 0.664. The molecule has 0 radical (unpaired) electrons. The number of para-hydroxylation sites is 2. The smallest absolute Gasteiger partial charge is 0.240 e. The molecule has 0 aliphatic heterocycles. The van der Waals surface area contributed by atoms with Crippen LogP contribution in [0.2, 0.25) is 0 Å². The summed E-state index contributed by atoms with van der Waals surface area (Å²) < 4.78 is 33.7. The molecule has 0 bridgehead atoms. The zero-order chi connectivity index (χ0) is 20.3. The predicted octanol–water partition coefficient (Wildman–Crippen LogP) is 2.88. The molecule has 0 aliphatic rings. The lowest BCUT2D eigenvalue weighted by molar-refractivity contribution is 0.499. The largest absolute Gasteiger partial charge is 0.441 e. The SMILES string of the molecule is CC(CNCCc1nc2ccccc2o1)NS(=O)(=O)c1ccc2cnccc2c1. The molecule has 150 valence electrons. The van der Waals surface area contributed by atoms with Crippen LogP contribution < -0.4 is 10.0 Å². The van der Waals surface area contributed by atoms with Crippen LogP contribution >= 0.6 is 0 Å². The fourth-order valence-corrected chi connectivity index (χ4v) is 4.42. The molecule has 0 saturated heterocycles. The molecule has 4 aromatic rings. The number of benzene rings is 2. The maximum Gasteiger partial charge on any atom is 0.240 e. The van der Waals surface area contributed by atoms with Crippen molar-refractivity contribution in [3.8, 4) is 0 Å². The average molecular weight is 410 g/mol. The van der Waals surface area contributed by atoms with Crippen LogP contribution in [0.5, 0.6) is 0 Å². The maximum absolute atomic E-state index is 12.7. The van der Waals surface area contributed by atoms with E-state index in [0.717, 1.165) is 21.9 Å². The summed E-state index contributed by atoms with van der Waals surface area (Å²) in [4.78, 5) is 8.72. The van der Waals surface area contributed by atoms with Gasteiger partial charge in [0, 0.05) is 43.3 Å². The van der Waals surface area contributed by atoms with Crippen LogP contribution in [0.25, 0.3) is 21.9 Å². The quantitative estimate of drug-likeness (QED) is 0.434. The second-order valence-electron chi connectivity index (χ2n) is 6.94. The molecule has 1 unspecified atom stereocenters. The van der Waals surface area contributed by atoms with Crippen LogP contribution in [0.1, 0.15) is 12.8 Å². The van der Waals surface area contributed by atoms with Gasteiger partial charge in [0.1, 0.15) is 5.52 Å². The van der Waals surface area contributed by atoms with Gasteiger partial charge >= 0.3 is 0 Å². The highest BCUT2D eigenvalue weighted by Gasteiger charge is 2.17. The Morgan fingerprint density at radius 3 is 2.83 bits per heavy atom. The topological polar surface area (TPSA) is 97.1 Å². The predicted molar refractivity (Wildman–Crippen MR) is 112 cm³/mol. The van der Waals surface area contributed by atoms with Crippen LogP contribution in [0.4, 0.5) is 0 Å². The van der Waals surface area contributed by atoms with Crippen molar-refractivity contribution >= 4 is 31.9 Å². The number of hydrogen-bond donors (Lipinski definition) is 2. The van der Waals surface area contributed by atoms with Crippen molar-refractivity contribution < 1.29 is 12.8 Å². The van der Waals surface area contributed by atoms with Gasteiger partial charge in [0.25, 0.3) is 0 Å². The maximum atomic E-state index is 12.7. The minimum absolute atomic E-state index is 0.245. The van der Waals surface area contributed by atoms with Gasteiger partial charge in [0.05, 0.1) is 4.90 Å². The van der Waals surface area contributed by atoms with Gasteiger partial charge in [-0.25, -0.2) is 18.1 Å².